The van der Waals surface area contributed by atoms with Crippen LogP contribution in [0.4, 0.5) is 5.69 Å². The van der Waals surface area contributed by atoms with E-state index in [1.165, 1.54) is 12.1 Å². The third-order valence-corrected chi connectivity index (χ3v) is 6.15. The number of nitrogens with one attached hydrogen (secondary N) is 1. The van der Waals surface area contributed by atoms with E-state index in [0.717, 1.165) is 25.0 Å². The highest BCUT2D eigenvalue weighted by Gasteiger charge is 2.22. The molecule has 0 aromatic heterocycles. The standard InChI is InChI=1S/C21H25N3O4S/c1-16-8-9-18(29(2,27)28)14-19(16)21(26)22-15-20(25)24-12-10-23(11-13-24)17-6-4-3-5-7-17/h3-9,14H,10-13,15H2,1-2H3,(H,22,26). The van der Waals surface area contributed by atoms with Crippen LogP contribution in [-0.4, -0.2) is 64.1 Å². The van der Waals surface area contributed by atoms with Crippen molar-refractivity contribution in [1.29, 1.82) is 0 Å². The van der Waals surface area contributed by atoms with Crippen LogP contribution in [0.25, 0.3) is 0 Å². The van der Waals surface area contributed by atoms with Crippen molar-refractivity contribution in [2.75, 3.05) is 43.9 Å². The number of carbonyl (C=O) groups excluding carboxylic acids is 2. The number of rotatable bonds is 5. The van der Waals surface area contributed by atoms with Crippen molar-refractivity contribution < 1.29 is 18.0 Å². The third kappa shape index (κ3) is 5.14. The van der Waals surface area contributed by atoms with E-state index in [4.69, 9.17) is 0 Å². The molecular weight excluding hydrogens is 390 g/mol. The fourth-order valence-electron chi connectivity index (χ4n) is 3.29. The molecule has 0 spiro atoms. The number of piperazine rings is 1. The predicted molar refractivity (Wildman–Crippen MR) is 112 cm³/mol. The van der Waals surface area contributed by atoms with Crippen molar-refractivity contribution in [2.45, 2.75) is 11.8 Å². The van der Waals surface area contributed by atoms with Gasteiger partial charge in [0.2, 0.25) is 5.91 Å². The van der Waals surface area contributed by atoms with Crippen LogP contribution < -0.4 is 10.2 Å². The van der Waals surface area contributed by atoms with Crippen molar-refractivity contribution in [3.8, 4) is 0 Å². The largest absolute Gasteiger partial charge is 0.368 e. The first kappa shape index (κ1) is 20.9. The van der Waals surface area contributed by atoms with Gasteiger partial charge in [0.25, 0.3) is 5.91 Å². The number of carbonyl (C=O) groups is 2. The summed E-state index contributed by atoms with van der Waals surface area (Å²) in [5.74, 6) is -0.604. The lowest BCUT2D eigenvalue weighted by molar-refractivity contribution is -0.130. The molecule has 0 saturated carbocycles. The molecule has 1 heterocycles. The molecule has 3 rings (SSSR count). The highest BCUT2D eigenvalue weighted by atomic mass is 32.2. The Labute approximate surface area is 171 Å². The van der Waals surface area contributed by atoms with E-state index in [1.807, 2.05) is 30.3 Å². The van der Waals surface area contributed by atoms with Crippen molar-refractivity contribution >= 4 is 27.3 Å². The summed E-state index contributed by atoms with van der Waals surface area (Å²) in [4.78, 5) is 29.0. The second-order valence-electron chi connectivity index (χ2n) is 7.13. The zero-order valence-corrected chi connectivity index (χ0v) is 17.4. The summed E-state index contributed by atoms with van der Waals surface area (Å²) in [5, 5.41) is 2.62. The summed E-state index contributed by atoms with van der Waals surface area (Å²) in [7, 11) is -3.41. The van der Waals surface area contributed by atoms with E-state index in [0.29, 0.717) is 18.7 Å². The van der Waals surface area contributed by atoms with Crippen LogP contribution in [0.1, 0.15) is 15.9 Å². The molecule has 0 radical (unpaired) electrons. The summed E-state index contributed by atoms with van der Waals surface area (Å²) >= 11 is 0. The Bertz CT molecular complexity index is 998. The smallest absolute Gasteiger partial charge is 0.252 e. The van der Waals surface area contributed by atoms with Crippen LogP contribution in [0.3, 0.4) is 0 Å². The van der Waals surface area contributed by atoms with E-state index in [9.17, 15) is 18.0 Å². The van der Waals surface area contributed by atoms with Crippen LogP contribution in [0.15, 0.2) is 53.4 Å². The lowest BCUT2D eigenvalue weighted by atomic mass is 10.1. The molecule has 154 valence electrons. The Morgan fingerprint density at radius 1 is 1.00 bits per heavy atom. The maximum Gasteiger partial charge on any atom is 0.252 e. The van der Waals surface area contributed by atoms with Gasteiger partial charge < -0.3 is 15.1 Å². The molecular formula is C21H25N3O4S. The number of aryl methyl sites for hydroxylation is 1. The third-order valence-electron chi connectivity index (χ3n) is 5.04. The molecule has 1 aliphatic heterocycles. The SMILES string of the molecule is Cc1ccc(S(C)(=O)=O)cc1C(=O)NCC(=O)N1CCN(c2ccccc2)CC1. The molecule has 29 heavy (non-hydrogen) atoms. The van der Waals surface area contributed by atoms with E-state index in [2.05, 4.69) is 10.2 Å². The highest BCUT2D eigenvalue weighted by molar-refractivity contribution is 7.90. The van der Waals surface area contributed by atoms with Gasteiger partial charge in [-0.25, -0.2) is 8.42 Å². The van der Waals surface area contributed by atoms with E-state index < -0.39 is 15.7 Å². The molecule has 2 aromatic rings. The average Bonchev–Trinajstić information content (AvgIpc) is 2.72. The van der Waals surface area contributed by atoms with E-state index >= 15 is 0 Å². The Hall–Kier alpha value is -2.87. The van der Waals surface area contributed by atoms with Gasteiger partial charge in [0, 0.05) is 43.7 Å². The summed E-state index contributed by atoms with van der Waals surface area (Å²) < 4.78 is 23.4. The van der Waals surface area contributed by atoms with Gasteiger partial charge in [0.15, 0.2) is 9.84 Å². The summed E-state index contributed by atoms with van der Waals surface area (Å²) in [6.45, 7) is 4.26. The molecule has 7 nitrogen and oxygen atoms in total. The van der Waals surface area contributed by atoms with Gasteiger partial charge in [-0.1, -0.05) is 24.3 Å². The van der Waals surface area contributed by atoms with Crippen molar-refractivity contribution in [1.82, 2.24) is 10.2 Å². The average molecular weight is 416 g/mol. The number of benzene rings is 2. The summed E-state index contributed by atoms with van der Waals surface area (Å²) in [6, 6.07) is 14.5. The normalized spacial score (nSPS) is 14.6. The van der Waals surface area contributed by atoms with Gasteiger partial charge in [-0.2, -0.15) is 0 Å². The zero-order chi connectivity index (χ0) is 21.0. The van der Waals surface area contributed by atoms with Gasteiger partial charge in [-0.3, -0.25) is 9.59 Å². The van der Waals surface area contributed by atoms with Crippen LogP contribution in [0.5, 0.6) is 0 Å². The molecule has 2 aromatic carbocycles. The first-order valence-corrected chi connectivity index (χ1v) is 11.3. The molecule has 0 aliphatic carbocycles. The fraction of sp³-hybridized carbons (Fsp3) is 0.333. The van der Waals surface area contributed by atoms with Gasteiger partial charge >= 0.3 is 0 Å². The van der Waals surface area contributed by atoms with Crippen molar-refractivity contribution in [2.24, 2.45) is 0 Å². The van der Waals surface area contributed by atoms with Crippen LogP contribution in [0, 0.1) is 6.92 Å². The van der Waals surface area contributed by atoms with E-state index in [-0.39, 0.29) is 22.9 Å². The molecule has 0 bridgehead atoms. The second kappa shape index (κ2) is 8.65. The molecule has 0 unspecified atom stereocenters. The van der Waals surface area contributed by atoms with Gasteiger partial charge in [-0.15, -0.1) is 0 Å². The zero-order valence-electron chi connectivity index (χ0n) is 16.6. The first-order valence-electron chi connectivity index (χ1n) is 9.42. The lowest BCUT2D eigenvalue weighted by Crippen LogP contribution is -2.51. The number of amides is 2. The lowest BCUT2D eigenvalue weighted by Gasteiger charge is -2.36. The number of para-hydroxylation sites is 1. The molecule has 8 heteroatoms. The molecule has 1 aliphatic rings. The fourth-order valence-corrected chi connectivity index (χ4v) is 3.94. The Balaban J connectivity index is 1.55. The maximum absolute atomic E-state index is 12.5. The summed E-state index contributed by atoms with van der Waals surface area (Å²) in [6.07, 6.45) is 1.10. The van der Waals surface area contributed by atoms with Gasteiger partial charge in [-0.05, 0) is 36.8 Å². The van der Waals surface area contributed by atoms with Gasteiger partial charge in [0.05, 0.1) is 11.4 Å². The van der Waals surface area contributed by atoms with Crippen LogP contribution in [-0.2, 0) is 14.6 Å². The van der Waals surface area contributed by atoms with Crippen molar-refractivity contribution in [3.63, 3.8) is 0 Å². The number of sulfone groups is 1. The maximum atomic E-state index is 12.5. The number of hydrogen-bond acceptors (Lipinski definition) is 5. The minimum atomic E-state index is -3.41. The Morgan fingerprint density at radius 3 is 2.28 bits per heavy atom. The second-order valence-corrected chi connectivity index (χ2v) is 9.15. The number of nitrogens with zero attached hydrogens (tertiary/aromatic N) is 2. The Morgan fingerprint density at radius 2 is 1.66 bits per heavy atom. The highest BCUT2D eigenvalue weighted by Crippen LogP contribution is 2.17. The minimum Gasteiger partial charge on any atom is -0.368 e. The van der Waals surface area contributed by atoms with Gasteiger partial charge in [0.1, 0.15) is 0 Å². The minimum absolute atomic E-state index is 0.0802. The molecule has 2 amide bonds. The quantitative estimate of drug-likeness (QED) is 0.799. The van der Waals surface area contributed by atoms with Crippen LogP contribution in [0.2, 0.25) is 0 Å². The first-order chi connectivity index (χ1) is 13.8. The van der Waals surface area contributed by atoms with E-state index in [1.54, 1.807) is 17.9 Å². The molecule has 1 fully saturated rings. The van der Waals surface area contributed by atoms with Crippen molar-refractivity contribution in [3.05, 3.63) is 59.7 Å². The Kier molecular flexibility index (Phi) is 6.22. The predicted octanol–water partition coefficient (Wildman–Crippen LogP) is 1.48. The molecule has 1 N–H and O–H groups in total. The molecule has 1 saturated heterocycles. The topological polar surface area (TPSA) is 86.8 Å². The number of hydrogen-bond donors (Lipinski definition) is 1. The summed E-state index contributed by atoms with van der Waals surface area (Å²) in [5.41, 5.74) is 2.04. The van der Waals surface area contributed by atoms with Crippen LogP contribution >= 0.6 is 0 Å². The molecule has 0 atom stereocenters. The number of anilines is 1. The monoisotopic (exact) mass is 415 g/mol.